The molecule has 0 saturated carbocycles. The summed E-state index contributed by atoms with van der Waals surface area (Å²) in [4.78, 5) is 31.9. The lowest BCUT2D eigenvalue weighted by molar-refractivity contribution is -0.113. The summed E-state index contributed by atoms with van der Waals surface area (Å²) in [7, 11) is 0. The molecule has 1 amide bonds. The Kier molecular flexibility index (Phi) is 6.26. The molecule has 0 fully saturated rings. The van der Waals surface area contributed by atoms with Crippen molar-refractivity contribution in [2.75, 3.05) is 11.1 Å². The molecule has 0 aliphatic rings. The fourth-order valence-electron chi connectivity index (χ4n) is 3.74. The second-order valence-corrected chi connectivity index (χ2v) is 10.2. The SMILES string of the molecule is CC(C)c1ccc(NC(=O)CSc2nc3c(oc4ccccc43)c(=O)n2Cc2cccs2)cc1. The highest BCUT2D eigenvalue weighted by Crippen LogP contribution is 2.28. The lowest BCUT2D eigenvalue weighted by Crippen LogP contribution is -2.24. The van der Waals surface area contributed by atoms with Gasteiger partial charge in [0.2, 0.25) is 11.5 Å². The van der Waals surface area contributed by atoms with E-state index < -0.39 is 0 Å². The van der Waals surface area contributed by atoms with Gasteiger partial charge in [-0.2, -0.15) is 0 Å². The first-order valence-electron chi connectivity index (χ1n) is 11.0. The zero-order valence-electron chi connectivity index (χ0n) is 18.8. The van der Waals surface area contributed by atoms with Crippen LogP contribution in [-0.4, -0.2) is 21.2 Å². The normalized spacial score (nSPS) is 11.5. The van der Waals surface area contributed by atoms with Crippen LogP contribution in [0.3, 0.4) is 0 Å². The third-order valence-corrected chi connectivity index (χ3v) is 7.37. The number of thiophene rings is 1. The van der Waals surface area contributed by atoms with Crippen molar-refractivity contribution in [3.63, 3.8) is 0 Å². The summed E-state index contributed by atoms with van der Waals surface area (Å²) in [5.41, 5.74) is 3.09. The van der Waals surface area contributed by atoms with Crippen LogP contribution in [-0.2, 0) is 11.3 Å². The van der Waals surface area contributed by atoms with E-state index in [1.54, 1.807) is 15.9 Å². The van der Waals surface area contributed by atoms with Crippen molar-refractivity contribution in [1.29, 1.82) is 0 Å². The molecule has 8 heteroatoms. The molecule has 0 aliphatic carbocycles. The maximum absolute atomic E-state index is 13.4. The van der Waals surface area contributed by atoms with E-state index in [-0.39, 0.29) is 22.8 Å². The van der Waals surface area contributed by atoms with Gasteiger partial charge >= 0.3 is 0 Å². The van der Waals surface area contributed by atoms with Gasteiger partial charge in [-0.15, -0.1) is 11.3 Å². The summed E-state index contributed by atoms with van der Waals surface area (Å²) in [6, 6.07) is 19.2. The van der Waals surface area contributed by atoms with Crippen molar-refractivity contribution >= 4 is 56.8 Å². The number of fused-ring (bicyclic) bond motifs is 3. The Labute approximate surface area is 204 Å². The predicted molar refractivity (Wildman–Crippen MR) is 139 cm³/mol. The smallest absolute Gasteiger partial charge is 0.298 e. The molecular weight excluding hydrogens is 466 g/mol. The fourth-order valence-corrected chi connectivity index (χ4v) is 5.22. The summed E-state index contributed by atoms with van der Waals surface area (Å²) >= 11 is 2.82. The molecule has 6 nitrogen and oxygen atoms in total. The maximum Gasteiger partial charge on any atom is 0.298 e. The number of nitrogens with zero attached hydrogens (tertiary/aromatic N) is 2. The molecule has 0 radical (unpaired) electrons. The fraction of sp³-hybridized carbons (Fsp3) is 0.192. The number of carbonyl (C=O) groups is 1. The summed E-state index contributed by atoms with van der Waals surface area (Å²) in [6.07, 6.45) is 0. The van der Waals surface area contributed by atoms with Gasteiger partial charge in [0.15, 0.2) is 5.16 Å². The lowest BCUT2D eigenvalue weighted by atomic mass is 10.0. The van der Waals surface area contributed by atoms with E-state index in [4.69, 9.17) is 9.40 Å². The molecule has 5 aromatic rings. The summed E-state index contributed by atoms with van der Waals surface area (Å²) in [6.45, 7) is 4.64. The highest BCUT2D eigenvalue weighted by molar-refractivity contribution is 7.99. The zero-order valence-corrected chi connectivity index (χ0v) is 20.4. The van der Waals surface area contributed by atoms with Crippen molar-refractivity contribution in [3.05, 3.63) is 86.8 Å². The Morgan fingerprint density at radius 3 is 2.65 bits per heavy atom. The van der Waals surface area contributed by atoms with E-state index in [0.29, 0.717) is 28.7 Å². The first-order valence-corrected chi connectivity index (χ1v) is 12.8. The summed E-state index contributed by atoms with van der Waals surface area (Å²) in [5, 5.41) is 6.17. The zero-order chi connectivity index (χ0) is 23.7. The number of hydrogen-bond acceptors (Lipinski definition) is 6. The number of benzene rings is 2. The Morgan fingerprint density at radius 1 is 1.12 bits per heavy atom. The third-order valence-electron chi connectivity index (χ3n) is 5.53. The molecular formula is C26H23N3O3S2. The Hall–Kier alpha value is -3.36. The highest BCUT2D eigenvalue weighted by atomic mass is 32.2. The molecule has 0 bridgehead atoms. The van der Waals surface area contributed by atoms with E-state index in [9.17, 15) is 9.59 Å². The number of carbonyl (C=O) groups excluding carboxylic acids is 1. The van der Waals surface area contributed by atoms with Crippen LogP contribution in [0.15, 0.2) is 80.4 Å². The van der Waals surface area contributed by atoms with Crippen LogP contribution in [0.2, 0.25) is 0 Å². The molecule has 2 aromatic carbocycles. The average molecular weight is 490 g/mol. The van der Waals surface area contributed by atoms with Crippen molar-refractivity contribution in [1.82, 2.24) is 9.55 Å². The number of para-hydroxylation sites is 1. The predicted octanol–water partition coefficient (Wildman–Crippen LogP) is 6.11. The van der Waals surface area contributed by atoms with Crippen LogP contribution in [0.1, 0.15) is 30.2 Å². The van der Waals surface area contributed by atoms with E-state index in [1.807, 2.05) is 66.0 Å². The number of furan rings is 1. The van der Waals surface area contributed by atoms with Gasteiger partial charge in [-0.05, 0) is 47.2 Å². The molecule has 3 heterocycles. The number of anilines is 1. The van der Waals surface area contributed by atoms with Gasteiger partial charge in [0.05, 0.1) is 12.3 Å². The summed E-state index contributed by atoms with van der Waals surface area (Å²) in [5.74, 6) is 0.404. The molecule has 0 atom stereocenters. The van der Waals surface area contributed by atoms with E-state index in [2.05, 4.69) is 19.2 Å². The minimum atomic E-state index is -0.248. The van der Waals surface area contributed by atoms with Crippen LogP contribution >= 0.6 is 23.1 Å². The Balaban J connectivity index is 1.44. The molecule has 0 aliphatic heterocycles. The first-order chi connectivity index (χ1) is 16.5. The van der Waals surface area contributed by atoms with Gasteiger partial charge in [0.25, 0.3) is 5.56 Å². The highest BCUT2D eigenvalue weighted by Gasteiger charge is 2.19. The van der Waals surface area contributed by atoms with Crippen LogP contribution in [0.5, 0.6) is 0 Å². The minimum absolute atomic E-state index is 0.129. The van der Waals surface area contributed by atoms with Gasteiger partial charge < -0.3 is 9.73 Å². The van der Waals surface area contributed by atoms with Crippen molar-refractivity contribution in [2.45, 2.75) is 31.5 Å². The second-order valence-electron chi connectivity index (χ2n) is 8.25. The topological polar surface area (TPSA) is 77.1 Å². The van der Waals surface area contributed by atoms with E-state index >= 15 is 0 Å². The second kappa shape index (κ2) is 9.48. The number of thioether (sulfide) groups is 1. The number of rotatable bonds is 7. The minimum Gasteiger partial charge on any atom is -0.448 e. The van der Waals surface area contributed by atoms with Gasteiger partial charge in [-0.25, -0.2) is 4.98 Å². The van der Waals surface area contributed by atoms with Gasteiger partial charge in [-0.3, -0.25) is 14.2 Å². The standard InChI is InChI=1S/C26H23N3O3S2/c1-16(2)17-9-11-18(12-10-17)27-22(30)15-34-26-28-23-20-7-3-4-8-21(20)32-24(23)25(31)29(26)14-19-6-5-13-33-19/h3-13,16H,14-15H2,1-2H3,(H,27,30). The number of aromatic nitrogens is 2. The van der Waals surface area contributed by atoms with Crippen molar-refractivity contribution in [3.8, 4) is 0 Å². The molecule has 3 aromatic heterocycles. The Morgan fingerprint density at radius 2 is 1.91 bits per heavy atom. The number of nitrogens with one attached hydrogen (secondary N) is 1. The molecule has 0 spiro atoms. The van der Waals surface area contributed by atoms with Crippen LogP contribution < -0.4 is 10.9 Å². The molecule has 5 rings (SSSR count). The first kappa shape index (κ1) is 22.4. The number of hydrogen-bond donors (Lipinski definition) is 1. The molecule has 172 valence electrons. The van der Waals surface area contributed by atoms with Crippen molar-refractivity contribution in [2.24, 2.45) is 0 Å². The van der Waals surface area contributed by atoms with E-state index in [0.717, 1.165) is 16.0 Å². The average Bonchev–Trinajstić information content (AvgIpc) is 3.48. The van der Waals surface area contributed by atoms with E-state index in [1.165, 1.54) is 17.3 Å². The Bertz CT molecular complexity index is 1520. The van der Waals surface area contributed by atoms with Gasteiger partial charge in [0.1, 0.15) is 11.1 Å². The van der Waals surface area contributed by atoms with Crippen LogP contribution in [0, 0.1) is 0 Å². The maximum atomic E-state index is 13.4. The third kappa shape index (κ3) is 4.51. The quantitative estimate of drug-likeness (QED) is 0.221. The van der Waals surface area contributed by atoms with Gasteiger partial charge in [0, 0.05) is 16.0 Å². The molecule has 1 N–H and O–H groups in total. The van der Waals surface area contributed by atoms with Crippen LogP contribution in [0.25, 0.3) is 22.1 Å². The molecule has 0 saturated heterocycles. The monoisotopic (exact) mass is 489 g/mol. The largest absolute Gasteiger partial charge is 0.448 e. The lowest BCUT2D eigenvalue weighted by Gasteiger charge is -2.11. The van der Waals surface area contributed by atoms with Gasteiger partial charge in [-0.1, -0.05) is 55.9 Å². The van der Waals surface area contributed by atoms with Crippen molar-refractivity contribution < 1.29 is 9.21 Å². The molecule has 0 unspecified atom stereocenters. The molecule has 34 heavy (non-hydrogen) atoms. The van der Waals surface area contributed by atoms with Crippen LogP contribution in [0.4, 0.5) is 5.69 Å². The summed E-state index contributed by atoms with van der Waals surface area (Å²) < 4.78 is 7.44. The number of amides is 1.